The number of hydrogen-bond donors (Lipinski definition) is 1. The van der Waals surface area contributed by atoms with Crippen molar-refractivity contribution >= 4 is 102 Å². The van der Waals surface area contributed by atoms with E-state index < -0.39 is 5.97 Å². The molecule has 6 nitrogen and oxygen atoms in total. The molecule has 1 heterocycles. The van der Waals surface area contributed by atoms with E-state index in [1.54, 1.807) is 17.0 Å². The topological polar surface area (TPSA) is 79.2 Å². The third-order valence-electron chi connectivity index (χ3n) is 5.14. The van der Waals surface area contributed by atoms with Gasteiger partial charge in [0.25, 0.3) is 5.91 Å². The van der Waals surface area contributed by atoms with Crippen LogP contribution in [0.4, 0.5) is 5.69 Å². The summed E-state index contributed by atoms with van der Waals surface area (Å²) in [4.78, 5) is 31.1. The number of amidine groups is 1. The molecular formula is C26H19BrI2N2O4S. The number of carboxylic acids is 1. The van der Waals surface area contributed by atoms with Crippen LogP contribution in [0, 0.1) is 7.14 Å². The number of benzene rings is 3. The summed E-state index contributed by atoms with van der Waals surface area (Å²) in [6, 6.07) is 18.3. The van der Waals surface area contributed by atoms with Gasteiger partial charge in [0.15, 0.2) is 5.17 Å². The summed E-state index contributed by atoms with van der Waals surface area (Å²) in [6.07, 6.45) is 1.86. The van der Waals surface area contributed by atoms with Crippen molar-refractivity contribution in [2.24, 2.45) is 4.99 Å². The van der Waals surface area contributed by atoms with Crippen LogP contribution in [-0.2, 0) is 11.4 Å². The fraction of sp³-hybridized carbons (Fsp3) is 0.115. The second-order valence-electron chi connectivity index (χ2n) is 7.64. The second kappa shape index (κ2) is 12.1. The van der Waals surface area contributed by atoms with Crippen LogP contribution in [0.5, 0.6) is 5.75 Å². The zero-order valence-electron chi connectivity index (χ0n) is 18.9. The molecule has 0 radical (unpaired) electrons. The van der Waals surface area contributed by atoms with Gasteiger partial charge < -0.3 is 9.84 Å². The number of amides is 1. The summed E-state index contributed by atoms with van der Waals surface area (Å²) in [7, 11) is 0. The lowest BCUT2D eigenvalue weighted by molar-refractivity contribution is -0.122. The first-order valence-corrected chi connectivity index (χ1v) is 14.5. The number of thioether (sulfide) groups is 1. The molecule has 184 valence electrons. The van der Waals surface area contributed by atoms with Gasteiger partial charge in [0.05, 0.1) is 23.3 Å². The molecule has 0 aliphatic carbocycles. The van der Waals surface area contributed by atoms with E-state index in [4.69, 9.17) is 4.74 Å². The minimum Gasteiger partial charge on any atom is -0.487 e. The molecule has 0 unspecified atom stereocenters. The fourth-order valence-electron chi connectivity index (χ4n) is 3.38. The van der Waals surface area contributed by atoms with E-state index >= 15 is 0 Å². The van der Waals surface area contributed by atoms with Gasteiger partial charge >= 0.3 is 5.97 Å². The van der Waals surface area contributed by atoms with Crippen LogP contribution < -0.4 is 4.74 Å². The lowest BCUT2D eigenvalue weighted by Crippen LogP contribution is -2.28. The van der Waals surface area contributed by atoms with Crippen LogP contribution in [0.2, 0.25) is 0 Å². The van der Waals surface area contributed by atoms with Gasteiger partial charge in [0.2, 0.25) is 0 Å². The highest BCUT2D eigenvalue weighted by molar-refractivity contribution is 14.1. The Labute approximate surface area is 248 Å². The number of carbonyl (C=O) groups is 2. The molecule has 1 fully saturated rings. The Bertz CT molecular complexity index is 1370. The van der Waals surface area contributed by atoms with Gasteiger partial charge in [-0.15, -0.1) is 0 Å². The Hall–Kier alpha value is -1.90. The average Bonchev–Trinajstić information content (AvgIpc) is 3.13. The lowest BCUT2D eigenvalue weighted by Gasteiger charge is -2.12. The first-order chi connectivity index (χ1) is 17.2. The number of carbonyl (C=O) groups excluding carboxylic acids is 1. The number of carboxylic acid groups (broad SMARTS) is 1. The highest BCUT2D eigenvalue weighted by Gasteiger charge is 2.32. The number of likely N-dealkylation sites (N-methyl/N-ethyl adjacent to an activating group) is 1. The Kier molecular flexibility index (Phi) is 9.12. The molecular weight excluding hydrogens is 770 g/mol. The van der Waals surface area contributed by atoms with Crippen molar-refractivity contribution in [1.82, 2.24) is 4.90 Å². The van der Waals surface area contributed by atoms with Crippen molar-refractivity contribution < 1.29 is 19.4 Å². The summed E-state index contributed by atoms with van der Waals surface area (Å²) in [6.45, 7) is 2.80. The fourth-order valence-corrected chi connectivity index (χ4v) is 6.83. The van der Waals surface area contributed by atoms with Crippen LogP contribution in [0.15, 0.2) is 75.0 Å². The van der Waals surface area contributed by atoms with Crippen molar-refractivity contribution in [3.05, 3.63) is 93.9 Å². The smallest absolute Gasteiger partial charge is 0.335 e. The summed E-state index contributed by atoms with van der Waals surface area (Å²) in [5, 5.41) is 9.77. The van der Waals surface area contributed by atoms with Crippen LogP contribution in [0.25, 0.3) is 6.08 Å². The molecule has 1 saturated heterocycles. The Balaban J connectivity index is 1.56. The number of nitrogens with zero attached hydrogens (tertiary/aromatic N) is 2. The normalized spacial score (nSPS) is 15.7. The van der Waals surface area contributed by atoms with Crippen LogP contribution in [0.3, 0.4) is 0 Å². The predicted octanol–water partition coefficient (Wildman–Crippen LogP) is 7.56. The molecule has 3 aromatic carbocycles. The van der Waals surface area contributed by atoms with E-state index in [-0.39, 0.29) is 11.5 Å². The number of aliphatic imine (C=N–C) groups is 1. The van der Waals surface area contributed by atoms with Gasteiger partial charge in [-0.3, -0.25) is 9.69 Å². The number of halogens is 3. The molecule has 1 aliphatic rings. The number of aromatic carboxylic acids is 1. The molecule has 0 atom stereocenters. The van der Waals surface area contributed by atoms with E-state index in [0.717, 1.165) is 28.5 Å². The van der Waals surface area contributed by atoms with E-state index in [9.17, 15) is 14.7 Å². The number of hydrogen-bond acceptors (Lipinski definition) is 5. The molecule has 36 heavy (non-hydrogen) atoms. The molecule has 1 amide bonds. The summed E-state index contributed by atoms with van der Waals surface area (Å²) in [5.74, 6) is -0.341. The Morgan fingerprint density at radius 1 is 1.14 bits per heavy atom. The Morgan fingerprint density at radius 2 is 1.83 bits per heavy atom. The molecule has 1 aliphatic heterocycles. The van der Waals surface area contributed by atoms with Crippen molar-refractivity contribution in [2.75, 3.05) is 6.54 Å². The van der Waals surface area contributed by atoms with Crippen molar-refractivity contribution in [3.8, 4) is 5.75 Å². The van der Waals surface area contributed by atoms with Crippen LogP contribution >= 0.6 is 72.9 Å². The monoisotopic (exact) mass is 788 g/mol. The maximum atomic E-state index is 13.1. The van der Waals surface area contributed by atoms with E-state index in [1.807, 2.05) is 49.4 Å². The van der Waals surface area contributed by atoms with Crippen molar-refractivity contribution in [2.45, 2.75) is 13.5 Å². The molecule has 0 saturated carbocycles. The van der Waals surface area contributed by atoms with Gasteiger partial charge in [-0.05, 0) is 124 Å². The first kappa shape index (κ1) is 27.1. The van der Waals surface area contributed by atoms with Gasteiger partial charge in [-0.1, -0.05) is 34.1 Å². The molecule has 0 aromatic heterocycles. The molecule has 4 rings (SSSR count). The minimum absolute atomic E-state index is 0.128. The summed E-state index contributed by atoms with van der Waals surface area (Å²) < 4.78 is 9.01. The lowest BCUT2D eigenvalue weighted by atomic mass is 10.2. The highest BCUT2D eigenvalue weighted by Crippen LogP contribution is 2.36. The third-order valence-corrected chi connectivity index (χ3v) is 8.27. The van der Waals surface area contributed by atoms with Gasteiger partial charge in [-0.25, -0.2) is 9.79 Å². The van der Waals surface area contributed by atoms with E-state index in [0.29, 0.717) is 28.9 Å². The molecule has 3 aromatic rings. The van der Waals surface area contributed by atoms with Gasteiger partial charge in [0, 0.05) is 11.0 Å². The Morgan fingerprint density at radius 3 is 2.47 bits per heavy atom. The van der Waals surface area contributed by atoms with Crippen molar-refractivity contribution in [1.29, 1.82) is 0 Å². The second-order valence-corrected chi connectivity index (χ2v) is 11.9. The molecule has 0 spiro atoms. The summed E-state index contributed by atoms with van der Waals surface area (Å²) >= 11 is 9.22. The number of ether oxygens (including phenoxy) is 1. The SMILES string of the molecule is CCN1C(=O)C(=Cc2cc(I)c(OCc3ccc(Br)cc3)c(I)c2)SC1=Nc1cccc(C(=O)O)c1. The maximum Gasteiger partial charge on any atom is 0.335 e. The first-order valence-electron chi connectivity index (χ1n) is 10.7. The predicted molar refractivity (Wildman–Crippen MR) is 164 cm³/mol. The van der Waals surface area contributed by atoms with Crippen LogP contribution in [-0.4, -0.2) is 33.6 Å². The zero-order chi connectivity index (χ0) is 25.8. The average molecular weight is 789 g/mol. The third kappa shape index (κ3) is 6.50. The minimum atomic E-state index is -1.02. The van der Waals surface area contributed by atoms with Gasteiger partial charge in [0.1, 0.15) is 12.4 Å². The molecule has 1 N–H and O–H groups in total. The van der Waals surface area contributed by atoms with E-state index in [1.165, 1.54) is 23.9 Å². The zero-order valence-corrected chi connectivity index (χ0v) is 25.6. The van der Waals surface area contributed by atoms with Crippen LogP contribution in [0.1, 0.15) is 28.4 Å². The largest absolute Gasteiger partial charge is 0.487 e. The molecule has 0 bridgehead atoms. The quantitative estimate of drug-likeness (QED) is 0.198. The summed E-state index contributed by atoms with van der Waals surface area (Å²) in [5.41, 5.74) is 2.60. The molecule has 10 heteroatoms. The van der Waals surface area contributed by atoms with Gasteiger partial charge in [-0.2, -0.15) is 0 Å². The maximum absolute atomic E-state index is 13.1. The van der Waals surface area contributed by atoms with E-state index in [2.05, 4.69) is 66.1 Å². The highest BCUT2D eigenvalue weighted by atomic mass is 127. The standard InChI is InChI=1S/C26H19BrI2N2O4S/c1-2-31-24(32)22(36-26(31)30-19-5-3-4-17(13-19)25(33)34)12-16-10-20(28)23(21(29)11-16)35-14-15-6-8-18(27)9-7-15/h3-13H,2,14H2,1H3,(H,33,34). The number of rotatable bonds is 7. The van der Waals surface area contributed by atoms with Crippen molar-refractivity contribution in [3.63, 3.8) is 0 Å².